The van der Waals surface area contributed by atoms with Gasteiger partial charge < -0.3 is 10.2 Å². The standard InChI is InChI=1S/C24H22ClF3N6O/c1-13-3-5-16(21-29-7-2-8-30-21)20(32-13)23(35)34-12-14-4-6-19(34)18(9-14)33-22-17(25)10-15(11-31-22)24(26,27)28/h2-3,5,7-8,10-11,14,18-19H,4,6,9,12H2,1H3,(H,31,33). The largest absolute Gasteiger partial charge is 0.417 e. The lowest BCUT2D eigenvalue weighted by Crippen LogP contribution is -2.60. The number of aryl methyl sites for hydroxylation is 1. The Bertz CT molecular complexity index is 1260. The van der Waals surface area contributed by atoms with Crippen molar-refractivity contribution in [3.63, 3.8) is 0 Å². The van der Waals surface area contributed by atoms with Crippen LogP contribution < -0.4 is 5.32 Å². The topological polar surface area (TPSA) is 83.9 Å². The second-order valence-electron chi connectivity index (χ2n) is 8.93. The monoisotopic (exact) mass is 502 g/mol. The zero-order valence-electron chi connectivity index (χ0n) is 18.8. The van der Waals surface area contributed by atoms with E-state index in [0.717, 1.165) is 31.5 Å². The third-order valence-electron chi connectivity index (χ3n) is 6.57. The van der Waals surface area contributed by atoms with Gasteiger partial charge in [-0.15, -0.1) is 0 Å². The van der Waals surface area contributed by atoms with Crippen LogP contribution in [0, 0.1) is 12.8 Å². The molecule has 3 aromatic rings. The quantitative estimate of drug-likeness (QED) is 0.539. The van der Waals surface area contributed by atoms with E-state index in [1.54, 1.807) is 24.5 Å². The predicted molar refractivity (Wildman–Crippen MR) is 124 cm³/mol. The van der Waals surface area contributed by atoms with Crippen molar-refractivity contribution in [1.82, 2.24) is 24.8 Å². The highest BCUT2D eigenvalue weighted by molar-refractivity contribution is 6.33. The maximum absolute atomic E-state index is 13.8. The van der Waals surface area contributed by atoms with E-state index in [-0.39, 0.29) is 40.4 Å². The molecule has 3 aromatic heterocycles. The van der Waals surface area contributed by atoms with Crippen LogP contribution in [0.1, 0.15) is 41.0 Å². The highest BCUT2D eigenvalue weighted by atomic mass is 35.5. The van der Waals surface area contributed by atoms with Crippen molar-refractivity contribution in [3.8, 4) is 11.4 Å². The maximum atomic E-state index is 13.8. The van der Waals surface area contributed by atoms with Gasteiger partial charge in [0, 0.05) is 36.9 Å². The molecule has 5 heterocycles. The fourth-order valence-corrected chi connectivity index (χ4v) is 5.15. The predicted octanol–water partition coefficient (Wildman–Crippen LogP) is 5.02. The molecule has 2 saturated heterocycles. The Kier molecular flexibility index (Phi) is 6.08. The molecule has 3 unspecified atom stereocenters. The summed E-state index contributed by atoms with van der Waals surface area (Å²) in [6.07, 6.45) is 1.96. The summed E-state index contributed by atoms with van der Waals surface area (Å²) in [6.45, 7) is 2.40. The first kappa shape index (κ1) is 23.5. The Hall–Kier alpha value is -3.27. The van der Waals surface area contributed by atoms with Gasteiger partial charge in [-0.05, 0) is 56.4 Å². The average molecular weight is 503 g/mol. The van der Waals surface area contributed by atoms with E-state index >= 15 is 0 Å². The number of hydrogen-bond donors (Lipinski definition) is 1. The van der Waals surface area contributed by atoms with Crippen LogP contribution in [0.15, 0.2) is 42.9 Å². The minimum atomic E-state index is -4.52. The van der Waals surface area contributed by atoms with E-state index in [4.69, 9.17) is 11.6 Å². The van der Waals surface area contributed by atoms with Crippen LogP contribution in [0.4, 0.5) is 19.0 Å². The first-order chi connectivity index (χ1) is 16.7. The van der Waals surface area contributed by atoms with E-state index in [9.17, 15) is 18.0 Å². The average Bonchev–Trinajstić information content (AvgIpc) is 2.85. The summed E-state index contributed by atoms with van der Waals surface area (Å²) in [7, 11) is 0. The van der Waals surface area contributed by atoms with Gasteiger partial charge in [-0.2, -0.15) is 13.2 Å². The van der Waals surface area contributed by atoms with Gasteiger partial charge in [-0.25, -0.2) is 19.9 Å². The third kappa shape index (κ3) is 4.67. The smallest absolute Gasteiger partial charge is 0.364 e. The number of nitrogens with one attached hydrogen (secondary N) is 1. The van der Waals surface area contributed by atoms with Crippen molar-refractivity contribution < 1.29 is 18.0 Å². The Balaban J connectivity index is 1.42. The molecular weight excluding hydrogens is 481 g/mol. The van der Waals surface area contributed by atoms with Crippen LogP contribution >= 0.6 is 11.6 Å². The zero-order valence-corrected chi connectivity index (χ0v) is 19.5. The van der Waals surface area contributed by atoms with Crippen molar-refractivity contribution in [2.24, 2.45) is 5.92 Å². The number of alkyl halides is 3. The zero-order chi connectivity index (χ0) is 24.7. The number of rotatable bonds is 4. The van der Waals surface area contributed by atoms with E-state index < -0.39 is 11.7 Å². The molecule has 1 N–H and O–H groups in total. The number of halogens is 4. The molecule has 3 atom stereocenters. The Morgan fingerprint density at radius 3 is 2.63 bits per heavy atom. The number of carbonyl (C=O) groups is 1. The molecule has 0 radical (unpaired) electrons. The van der Waals surface area contributed by atoms with Crippen molar-refractivity contribution >= 4 is 23.3 Å². The van der Waals surface area contributed by atoms with Crippen LogP contribution in [-0.4, -0.2) is 49.4 Å². The Morgan fingerprint density at radius 1 is 1.17 bits per heavy atom. The molecule has 3 fully saturated rings. The van der Waals surface area contributed by atoms with Gasteiger partial charge in [-0.3, -0.25) is 4.79 Å². The summed E-state index contributed by atoms with van der Waals surface area (Å²) in [5, 5.41) is 3.10. The second kappa shape index (κ2) is 9.07. The fraction of sp³-hybridized carbons (Fsp3) is 0.375. The summed E-state index contributed by atoms with van der Waals surface area (Å²) in [4.78, 5) is 32.6. The normalized spacial score (nSPS) is 21.7. The molecule has 1 saturated carbocycles. The van der Waals surface area contributed by atoms with Crippen molar-refractivity contribution in [3.05, 3.63) is 64.8 Å². The van der Waals surface area contributed by atoms with Crippen LogP contribution in [0.2, 0.25) is 5.02 Å². The van der Waals surface area contributed by atoms with Gasteiger partial charge in [0.15, 0.2) is 5.82 Å². The van der Waals surface area contributed by atoms with Crippen LogP contribution in [0.3, 0.4) is 0 Å². The number of aromatic nitrogens is 4. The van der Waals surface area contributed by atoms with Gasteiger partial charge >= 0.3 is 6.18 Å². The highest BCUT2D eigenvalue weighted by Gasteiger charge is 2.44. The maximum Gasteiger partial charge on any atom is 0.417 e. The van der Waals surface area contributed by atoms with Gasteiger partial charge in [-0.1, -0.05) is 11.6 Å². The number of nitrogens with zero attached hydrogens (tertiary/aromatic N) is 5. The highest BCUT2D eigenvalue weighted by Crippen LogP contribution is 2.39. The summed E-state index contributed by atoms with van der Waals surface area (Å²) >= 11 is 6.13. The molecule has 182 valence electrons. The van der Waals surface area contributed by atoms with Crippen LogP contribution in [0.25, 0.3) is 11.4 Å². The molecule has 2 aliphatic heterocycles. The van der Waals surface area contributed by atoms with E-state index in [1.807, 2.05) is 17.9 Å². The number of anilines is 1. The SMILES string of the molecule is Cc1ccc(-c2ncccn2)c(C(=O)N2CC3CCC2C(Nc2ncc(C(F)(F)F)cc2Cl)C3)n1. The van der Waals surface area contributed by atoms with Crippen molar-refractivity contribution in [1.29, 1.82) is 0 Å². The molecule has 7 nitrogen and oxygen atoms in total. The molecule has 0 aromatic carbocycles. The molecule has 6 rings (SSSR count). The van der Waals surface area contributed by atoms with Crippen molar-refractivity contribution in [2.75, 3.05) is 11.9 Å². The molecule has 3 aliphatic rings. The van der Waals surface area contributed by atoms with E-state index in [0.29, 0.717) is 23.6 Å². The molecule has 35 heavy (non-hydrogen) atoms. The number of hydrogen-bond acceptors (Lipinski definition) is 6. The molecule has 1 aliphatic carbocycles. The number of piperidine rings is 2. The van der Waals surface area contributed by atoms with Gasteiger partial charge in [0.1, 0.15) is 11.5 Å². The summed E-state index contributed by atoms with van der Waals surface area (Å²) < 4.78 is 39.0. The first-order valence-electron chi connectivity index (χ1n) is 11.3. The number of amides is 1. The lowest BCUT2D eigenvalue weighted by molar-refractivity contribution is -0.137. The summed E-state index contributed by atoms with van der Waals surface area (Å²) in [5.74, 6) is 0.623. The number of pyridine rings is 2. The molecule has 11 heteroatoms. The van der Waals surface area contributed by atoms with Crippen LogP contribution in [-0.2, 0) is 6.18 Å². The van der Waals surface area contributed by atoms with Gasteiger partial charge in [0.25, 0.3) is 5.91 Å². The summed E-state index contributed by atoms with van der Waals surface area (Å²) in [5.41, 5.74) is 0.634. The van der Waals surface area contributed by atoms with E-state index in [2.05, 4.69) is 25.3 Å². The minimum absolute atomic E-state index is 0.108. The summed E-state index contributed by atoms with van der Waals surface area (Å²) in [6, 6.07) is 5.80. The van der Waals surface area contributed by atoms with Gasteiger partial charge in [0.2, 0.25) is 0 Å². The Labute approximate surface area is 204 Å². The first-order valence-corrected chi connectivity index (χ1v) is 11.6. The van der Waals surface area contributed by atoms with Crippen LogP contribution in [0.5, 0.6) is 0 Å². The number of carbonyl (C=O) groups excluding carboxylic acids is 1. The lowest BCUT2D eigenvalue weighted by Gasteiger charge is -2.50. The molecule has 1 amide bonds. The molecule has 2 bridgehead atoms. The van der Waals surface area contributed by atoms with Gasteiger partial charge in [0.05, 0.1) is 22.2 Å². The number of fused-ring (bicyclic) bond motifs is 3. The minimum Gasteiger partial charge on any atom is -0.364 e. The second-order valence-corrected chi connectivity index (χ2v) is 9.34. The van der Waals surface area contributed by atoms with E-state index in [1.165, 1.54) is 0 Å². The molecular formula is C24H22ClF3N6O. The third-order valence-corrected chi connectivity index (χ3v) is 6.86. The lowest BCUT2D eigenvalue weighted by atomic mass is 9.76. The molecule has 0 spiro atoms. The fourth-order valence-electron chi connectivity index (χ4n) is 4.93. The Morgan fingerprint density at radius 2 is 1.94 bits per heavy atom. The van der Waals surface area contributed by atoms with Crippen molar-refractivity contribution in [2.45, 2.75) is 44.4 Å².